The Bertz CT molecular complexity index is 639. The molecule has 0 unspecified atom stereocenters. The number of hydrogen-bond donors (Lipinski definition) is 1. The van der Waals surface area contributed by atoms with Crippen molar-refractivity contribution in [2.75, 3.05) is 17.2 Å². The van der Waals surface area contributed by atoms with Crippen LogP contribution in [-0.2, 0) is 6.42 Å². The molecule has 0 atom stereocenters. The highest BCUT2D eigenvalue weighted by molar-refractivity contribution is 7.79. The zero-order valence-corrected chi connectivity index (χ0v) is 11.2. The molecule has 1 aliphatic rings. The Balaban J connectivity index is 2.17. The molecule has 1 aliphatic heterocycles. The number of fused-ring (bicyclic) bond motifs is 1. The maximum atomic E-state index is 5.51. The van der Waals surface area contributed by atoms with Crippen LogP contribution in [0.4, 0.5) is 11.8 Å². The Kier molecular flexibility index (Phi) is 2.83. The van der Waals surface area contributed by atoms with E-state index in [2.05, 4.69) is 19.9 Å². The molecule has 0 saturated carbocycles. The van der Waals surface area contributed by atoms with Crippen molar-refractivity contribution in [2.24, 2.45) is 0 Å². The molecule has 3 rings (SSSR count). The summed E-state index contributed by atoms with van der Waals surface area (Å²) in [6.07, 6.45) is 4.23. The molecule has 2 N–H and O–H groups in total. The lowest BCUT2D eigenvalue weighted by Crippen LogP contribution is -2.17. The number of nitrogens with zero attached hydrogens (tertiary/aromatic N) is 5. The summed E-state index contributed by atoms with van der Waals surface area (Å²) in [4.78, 5) is 19.0. The number of anilines is 2. The van der Waals surface area contributed by atoms with Gasteiger partial charge in [0.05, 0.1) is 11.2 Å². The van der Waals surface area contributed by atoms with E-state index in [0.717, 1.165) is 35.6 Å². The first-order valence-electron chi connectivity index (χ1n) is 5.86. The quantitative estimate of drug-likeness (QED) is 0.821. The van der Waals surface area contributed by atoms with Gasteiger partial charge >= 0.3 is 0 Å². The summed E-state index contributed by atoms with van der Waals surface area (Å²) in [5, 5.41) is 0. The van der Waals surface area contributed by atoms with Gasteiger partial charge in [0, 0.05) is 30.1 Å². The number of aromatic nitrogens is 4. The van der Waals surface area contributed by atoms with E-state index in [1.54, 1.807) is 17.9 Å². The molecule has 2 aromatic rings. The summed E-state index contributed by atoms with van der Waals surface area (Å²) in [6, 6.07) is 0. The largest absolute Gasteiger partial charge is 0.368 e. The van der Waals surface area contributed by atoms with Gasteiger partial charge in [-0.15, -0.1) is 0 Å². The first-order valence-corrected chi connectivity index (χ1v) is 6.33. The van der Waals surface area contributed by atoms with Crippen LogP contribution >= 0.6 is 12.2 Å². The number of rotatable bonds is 2. The Morgan fingerprint density at radius 1 is 1.32 bits per heavy atom. The van der Waals surface area contributed by atoms with Crippen molar-refractivity contribution in [3.63, 3.8) is 0 Å². The summed E-state index contributed by atoms with van der Waals surface area (Å²) in [5.74, 6) is 1.84. The van der Waals surface area contributed by atoms with Crippen molar-refractivity contribution >= 4 is 29.5 Å². The molecule has 0 saturated heterocycles. The second-order valence-electron chi connectivity index (χ2n) is 4.30. The minimum absolute atomic E-state index is 0.256. The van der Waals surface area contributed by atoms with Crippen molar-refractivity contribution in [3.8, 4) is 11.3 Å². The number of thiocarbonyl (C=S) groups is 1. The second-order valence-corrected chi connectivity index (χ2v) is 4.51. The van der Waals surface area contributed by atoms with E-state index in [1.165, 1.54) is 0 Å². The van der Waals surface area contributed by atoms with Gasteiger partial charge in [0.2, 0.25) is 5.95 Å². The molecule has 7 heteroatoms. The average molecular weight is 272 g/mol. The van der Waals surface area contributed by atoms with E-state index in [4.69, 9.17) is 18.0 Å². The predicted octanol–water partition coefficient (Wildman–Crippen LogP) is 1.14. The highest BCUT2D eigenvalue weighted by Crippen LogP contribution is 2.32. The van der Waals surface area contributed by atoms with Gasteiger partial charge in [-0.2, -0.15) is 0 Å². The molecule has 0 amide bonds. The molecule has 0 bridgehead atoms. The third-order valence-corrected chi connectivity index (χ3v) is 3.30. The third-order valence-electron chi connectivity index (χ3n) is 3.04. The number of hydrogen-bond acceptors (Lipinski definition) is 6. The summed E-state index contributed by atoms with van der Waals surface area (Å²) >= 11 is 5.01. The lowest BCUT2D eigenvalue weighted by Gasteiger charge is -2.12. The van der Waals surface area contributed by atoms with Crippen LogP contribution in [0.3, 0.4) is 0 Å². The summed E-state index contributed by atoms with van der Waals surface area (Å²) in [5.41, 5.74) is 9.93. The zero-order chi connectivity index (χ0) is 13.4. The Hall–Kier alpha value is -2.15. The number of aryl methyl sites for hydroxylation is 1. The second kappa shape index (κ2) is 4.51. The molecule has 0 aliphatic carbocycles. The van der Waals surface area contributed by atoms with Gasteiger partial charge in [-0.1, -0.05) is 12.2 Å². The van der Waals surface area contributed by atoms with Crippen LogP contribution in [-0.4, -0.2) is 32.0 Å². The van der Waals surface area contributed by atoms with E-state index < -0.39 is 0 Å². The van der Waals surface area contributed by atoms with Crippen molar-refractivity contribution in [3.05, 3.63) is 23.8 Å². The van der Waals surface area contributed by atoms with Crippen LogP contribution in [0.25, 0.3) is 11.3 Å². The monoisotopic (exact) mass is 272 g/mol. The third kappa shape index (κ3) is 2.01. The summed E-state index contributed by atoms with van der Waals surface area (Å²) < 4.78 is 0. The Labute approximate surface area is 115 Å². The Morgan fingerprint density at radius 2 is 2.05 bits per heavy atom. The van der Waals surface area contributed by atoms with Crippen molar-refractivity contribution in [1.29, 1.82) is 0 Å². The number of nitrogen functional groups attached to an aromatic ring is 1. The summed E-state index contributed by atoms with van der Waals surface area (Å²) in [7, 11) is 0. The van der Waals surface area contributed by atoms with Crippen LogP contribution in [0.15, 0.2) is 12.4 Å². The fourth-order valence-electron chi connectivity index (χ4n) is 2.19. The molecule has 0 fully saturated rings. The highest BCUT2D eigenvalue weighted by atomic mass is 32.1. The molecular weight excluding hydrogens is 260 g/mol. The van der Waals surface area contributed by atoms with Gasteiger partial charge in [0.15, 0.2) is 0 Å². The maximum absolute atomic E-state index is 5.51. The van der Waals surface area contributed by atoms with E-state index in [9.17, 15) is 0 Å². The van der Waals surface area contributed by atoms with E-state index in [1.807, 2.05) is 11.8 Å². The fraction of sp³-hybridized carbons (Fsp3) is 0.250. The molecule has 19 heavy (non-hydrogen) atoms. The van der Waals surface area contributed by atoms with E-state index in [-0.39, 0.29) is 5.95 Å². The van der Waals surface area contributed by atoms with Gasteiger partial charge in [0.25, 0.3) is 0 Å². The molecular formula is C12H12N6S. The molecule has 2 aromatic heterocycles. The molecule has 0 radical (unpaired) electrons. The van der Waals surface area contributed by atoms with E-state index in [0.29, 0.717) is 5.82 Å². The predicted molar refractivity (Wildman–Crippen MR) is 76.9 cm³/mol. The molecule has 0 aromatic carbocycles. The van der Waals surface area contributed by atoms with Gasteiger partial charge in [-0.3, -0.25) is 0 Å². The highest BCUT2D eigenvalue weighted by Gasteiger charge is 2.24. The Morgan fingerprint density at radius 3 is 2.74 bits per heavy atom. The summed E-state index contributed by atoms with van der Waals surface area (Å²) in [6.45, 7) is 2.70. The fourth-order valence-corrected chi connectivity index (χ4v) is 2.39. The van der Waals surface area contributed by atoms with E-state index >= 15 is 0 Å². The molecule has 0 spiro atoms. The average Bonchev–Trinajstić information content (AvgIpc) is 2.81. The smallest absolute Gasteiger partial charge is 0.219 e. The standard InChI is InChI=1S/C12H12N6S/c1-7-16-10(8-4-14-12(13)15-5-8)9-2-3-18(6-19)11(9)17-7/h4-6H,2-3H2,1H3,(H2,13,14,15). The van der Waals surface area contributed by atoms with Crippen LogP contribution in [0.1, 0.15) is 11.4 Å². The maximum Gasteiger partial charge on any atom is 0.219 e. The van der Waals surface area contributed by atoms with Crippen LogP contribution in [0.5, 0.6) is 0 Å². The van der Waals surface area contributed by atoms with Crippen LogP contribution < -0.4 is 10.6 Å². The topological polar surface area (TPSA) is 80.8 Å². The first-order chi connectivity index (χ1) is 9.19. The lowest BCUT2D eigenvalue weighted by molar-refractivity contribution is 1.03. The van der Waals surface area contributed by atoms with Gasteiger partial charge < -0.3 is 10.6 Å². The van der Waals surface area contributed by atoms with Gasteiger partial charge in [-0.25, -0.2) is 19.9 Å². The minimum atomic E-state index is 0.256. The SMILES string of the molecule is Cc1nc(-c2cnc(N)nc2)c2c(n1)N(C=S)CC2. The van der Waals surface area contributed by atoms with Crippen LogP contribution in [0, 0.1) is 6.92 Å². The molecule has 3 heterocycles. The number of nitrogens with two attached hydrogens (primary N) is 1. The first kappa shape index (κ1) is 11.9. The molecule has 96 valence electrons. The van der Waals surface area contributed by atoms with Gasteiger partial charge in [-0.05, 0) is 13.3 Å². The minimum Gasteiger partial charge on any atom is -0.368 e. The van der Waals surface area contributed by atoms with Crippen molar-refractivity contribution < 1.29 is 0 Å². The van der Waals surface area contributed by atoms with Crippen molar-refractivity contribution in [2.45, 2.75) is 13.3 Å². The van der Waals surface area contributed by atoms with Crippen molar-refractivity contribution in [1.82, 2.24) is 19.9 Å². The molecule has 6 nitrogen and oxygen atoms in total. The lowest BCUT2D eigenvalue weighted by atomic mass is 10.1. The van der Waals surface area contributed by atoms with Gasteiger partial charge in [0.1, 0.15) is 11.6 Å². The normalized spacial score (nSPS) is 13.4. The van der Waals surface area contributed by atoms with Crippen LogP contribution in [0.2, 0.25) is 0 Å². The zero-order valence-electron chi connectivity index (χ0n) is 10.4.